The van der Waals surface area contributed by atoms with Crippen molar-refractivity contribution in [1.29, 1.82) is 0 Å². The van der Waals surface area contributed by atoms with Gasteiger partial charge in [-0.1, -0.05) is 46.9 Å². The Morgan fingerprint density at radius 1 is 1.20 bits per heavy atom. The number of benzene rings is 1. The van der Waals surface area contributed by atoms with Crippen LogP contribution in [0.3, 0.4) is 0 Å². The molecule has 0 radical (unpaired) electrons. The van der Waals surface area contributed by atoms with Crippen LogP contribution >= 0.6 is 34.8 Å². The molecule has 0 aliphatic carbocycles. The third kappa shape index (κ3) is 2.57. The van der Waals surface area contributed by atoms with E-state index in [-0.39, 0.29) is 22.2 Å². The summed E-state index contributed by atoms with van der Waals surface area (Å²) in [6.45, 7) is -2.88. The molecule has 0 atom stereocenters. The number of hydrogen-bond acceptors (Lipinski definition) is 1. The highest BCUT2D eigenvalue weighted by Gasteiger charge is 2.22. The molecule has 3 nitrogen and oxygen atoms in total. The van der Waals surface area contributed by atoms with E-state index in [9.17, 15) is 13.6 Å². The van der Waals surface area contributed by atoms with Gasteiger partial charge in [0.25, 0.3) is 5.56 Å². The van der Waals surface area contributed by atoms with Gasteiger partial charge in [-0.05, 0) is 11.6 Å². The van der Waals surface area contributed by atoms with Crippen molar-refractivity contribution >= 4 is 34.8 Å². The third-order valence-corrected chi connectivity index (χ3v) is 4.15. The Bertz CT molecular complexity index is 709. The summed E-state index contributed by atoms with van der Waals surface area (Å²) in [5.41, 5.74) is -0.167. The van der Waals surface area contributed by atoms with Gasteiger partial charge in [-0.25, -0.2) is 9.36 Å². The van der Waals surface area contributed by atoms with Crippen LogP contribution in [0.25, 0.3) is 0 Å². The smallest absolute Gasteiger partial charge is 0.266 e. The highest BCUT2D eigenvalue weighted by atomic mass is 35.5. The van der Waals surface area contributed by atoms with Crippen molar-refractivity contribution in [2.75, 3.05) is 0 Å². The van der Waals surface area contributed by atoms with E-state index in [0.717, 1.165) is 4.68 Å². The van der Waals surface area contributed by atoms with Crippen molar-refractivity contribution in [3.63, 3.8) is 0 Å². The van der Waals surface area contributed by atoms with Crippen LogP contribution in [-0.4, -0.2) is 9.36 Å². The van der Waals surface area contributed by atoms with Crippen molar-refractivity contribution in [3.05, 3.63) is 54.9 Å². The molecule has 1 aromatic heterocycles. The maximum atomic E-state index is 13.0. The highest BCUT2D eigenvalue weighted by Crippen LogP contribution is 2.29. The quantitative estimate of drug-likeness (QED) is 0.824. The topological polar surface area (TPSA) is 26.9 Å². The summed E-state index contributed by atoms with van der Waals surface area (Å²) >= 11 is 17.7. The molecule has 2 aromatic rings. The van der Waals surface area contributed by atoms with Gasteiger partial charge in [-0.2, -0.15) is 8.78 Å². The normalized spacial score (nSPS) is 11.3. The molecule has 108 valence electrons. The first-order chi connectivity index (χ1) is 9.34. The zero-order chi connectivity index (χ0) is 15.0. The zero-order valence-corrected chi connectivity index (χ0v) is 12.5. The van der Waals surface area contributed by atoms with Crippen LogP contribution in [0.15, 0.2) is 23.0 Å². The summed E-state index contributed by atoms with van der Waals surface area (Å²) in [5, 5.41) is 0.313. The average Bonchev–Trinajstić information content (AvgIpc) is 2.60. The summed E-state index contributed by atoms with van der Waals surface area (Å²) in [7, 11) is 1.23. The largest absolute Gasteiger partial charge is 0.332 e. The van der Waals surface area contributed by atoms with Crippen molar-refractivity contribution in [2.45, 2.75) is 13.0 Å². The summed E-state index contributed by atoms with van der Waals surface area (Å²) in [5.74, 6) is 0. The Hall–Kier alpha value is -1.04. The fourth-order valence-electron chi connectivity index (χ4n) is 1.92. The fourth-order valence-corrected chi connectivity index (χ4v) is 2.58. The Morgan fingerprint density at radius 2 is 1.85 bits per heavy atom. The lowest BCUT2D eigenvalue weighted by Crippen LogP contribution is -2.20. The van der Waals surface area contributed by atoms with Gasteiger partial charge in [0.05, 0.1) is 15.7 Å². The van der Waals surface area contributed by atoms with E-state index in [2.05, 4.69) is 0 Å². The van der Waals surface area contributed by atoms with Gasteiger partial charge in [0, 0.05) is 13.5 Å². The Balaban J connectivity index is 2.57. The lowest BCUT2D eigenvalue weighted by Gasteiger charge is -2.12. The van der Waals surface area contributed by atoms with Crippen LogP contribution in [0.4, 0.5) is 8.78 Å². The first-order valence-electron chi connectivity index (χ1n) is 5.51. The van der Waals surface area contributed by atoms with Crippen LogP contribution in [0, 0.1) is 0 Å². The highest BCUT2D eigenvalue weighted by molar-refractivity contribution is 6.42. The lowest BCUT2D eigenvalue weighted by atomic mass is 10.1. The molecule has 0 N–H and O–H groups in total. The van der Waals surface area contributed by atoms with Gasteiger partial charge in [-0.15, -0.1) is 0 Å². The minimum Gasteiger partial charge on any atom is -0.266 e. The second kappa shape index (κ2) is 5.76. The number of rotatable bonds is 3. The van der Waals surface area contributed by atoms with E-state index in [1.807, 2.05) is 0 Å². The van der Waals surface area contributed by atoms with E-state index in [1.54, 1.807) is 18.2 Å². The number of hydrogen-bond donors (Lipinski definition) is 0. The van der Waals surface area contributed by atoms with Crippen LogP contribution in [0.5, 0.6) is 0 Å². The molecular weight excluding hydrogens is 332 g/mol. The van der Waals surface area contributed by atoms with Crippen LogP contribution in [0.2, 0.25) is 15.1 Å². The summed E-state index contributed by atoms with van der Waals surface area (Å²) in [6, 6.07) is 4.86. The second-order valence-electron chi connectivity index (χ2n) is 4.10. The van der Waals surface area contributed by atoms with Gasteiger partial charge >= 0.3 is 6.55 Å². The molecule has 1 aromatic carbocycles. The minimum atomic E-state index is -2.88. The Kier molecular flexibility index (Phi) is 4.42. The summed E-state index contributed by atoms with van der Waals surface area (Å²) < 4.78 is 27.4. The molecule has 1 heterocycles. The number of alkyl halides is 2. The average molecular weight is 342 g/mol. The molecule has 0 spiro atoms. The number of nitrogens with zero attached hydrogens (tertiary/aromatic N) is 2. The molecule has 0 saturated heterocycles. The third-order valence-electron chi connectivity index (χ3n) is 2.91. The van der Waals surface area contributed by atoms with Crippen molar-refractivity contribution < 1.29 is 8.78 Å². The molecule has 0 saturated carbocycles. The standard InChI is InChI=1S/C12H9Cl3F2N2O/c1-18-11(20)10(15)8(19(18)12(16)17)5-6-3-2-4-7(13)9(6)14/h2-4,12H,5H2,1H3. The van der Waals surface area contributed by atoms with Crippen LogP contribution < -0.4 is 5.56 Å². The van der Waals surface area contributed by atoms with E-state index < -0.39 is 12.1 Å². The van der Waals surface area contributed by atoms with Crippen molar-refractivity contribution in [2.24, 2.45) is 7.05 Å². The Morgan fingerprint density at radius 3 is 2.45 bits per heavy atom. The molecule has 0 aliphatic heterocycles. The molecule has 0 fully saturated rings. The predicted molar refractivity (Wildman–Crippen MR) is 75.2 cm³/mol. The first kappa shape index (κ1) is 15.4. The fraction of sp³-hybridized carbons (Fsp3) is 0.250. The van der Waals surface area contributed by atoms with Crippen LogP contribution in [0.1, 0.15) is 17.8 Å². The maximum Gasteiger partial charge on any atom is 0.332 e. The first-order valence-corrected chi connectivity index (χ1v) is 6.65. The molecule has 0 amide bonds. The van der Waals surface area contributed by atoms with Crippen molar-refractivity contribution in [3.8, 4) is 0 Å². The van der Waals surface area contributed by atoms with Crippen LogP contribution in [-0.2, 0) is 13.5 Å². The lowest BCUT2D eigenvalue weighted by molar-refractivity contribution is 0.0415. The van der Waals surface area contributed by atoms with E-state index in [1.165, 1.54) is 7.05 Å². The molecule has 2 rings (SSSR count). The SMILES string of the molecule is Cn1c(=O)c(Cl)c(Cc2cccc(Cl)c2Cl)n1C(F)F. The van der Waals surface area contributed by atoms with Gasteiger partial charge in [0.1, 0.15) is 5.02 Å². The second-order valence-corrected chi connectivity index (χ2v) is 5.26. The Labute approximate surface area is 128 Å². The molecule has 0 bridgehead atoms. The minimum absolute atomic E-state index is 0.00154. The van der Waals surface area contributed by atoms with E-state index >= 15 is 0 Å². The predicted octanol–water partition coefficient (Wildman–Crippen LogP) is 4.13. The molecule has 8 heteroatoms. The number of aromatic nitrogens is 2. The monoisotopic (exact) mass is 340 g/mol. The molecule has 0 aliphatic rings. The van der Waals surface area contributed by atoms with Gasteiger partial charge < -0.3 is 0 Å². The number of halogens is 5. The maximum absolute atomic E-state index is 13.0. The zero-order valence-electron chi connectivity index (χ0n) is 10.2. The van der Waals surface area contributed by atoms with Gasteiger partial charge in [0.15, 0.2) is 0 Å². The van der Waals surface area contributed by atoms with Crippen molar-refractivity contribution in [1.82, 2.24) is 9.36 Å². The molecule has 20 heavy (non-hydrogen) atoms. The van der Waals surface area contributed by atoms with Gasteiger partial charge in [0.2, 0.25) is 0 Å². The summed E-state index contributed by atoms with van der Waals surface area (Å²) in [4.78, 5) is 11.7. The molecular formula is C12H9Cl3F2N2O. The van der Waals surface area contributed by atoms with Gasteiger partial charge in [-0.3, -0.25) is 4.79 Å². The van der Waals surface area contributed by atoms with E-state index in [0.29, 0.717) is 15.3 Å². The molecule has 0 unspecified atom stereocenters. The van der Waals surface area contributed by atoms with E-state index in [4.69, 9.17) is 34.8 Å². The summed E-state index contributed by atoms with van der Waals surface area (Å²) in [6.07, 6.45) is -0.0152.